The fourth-order valence-electron chi connectivity index (χ4n) is 2.32. The average molecular weight is 390 g/mol. The van der Waals surface area contributed by atoms with E-state index in [1.807, 2.05) is 0 Å². The topological polar surface area (TPSA) is 92.8 Å². The molecule has 27 heavy (non-hydrogen) atoms. The monoisotopic (exact) mass is 390 g/mol. The predicted octanol–water partition coefficient (Wildman–Crippen LogP) is 2.67. The van der Waals surface area contributed by atoms with Gasteiger partial charge in [0.15, 0.2) is 0 Å². The second-order valence-electron chi connectivity index (χ2n) is 6.02. The molecule has 0 aliphatic carbocycles. The molecule has 0 spiro atoms. The van der Waals surface area contributed by atoms with Gasteiger partial charge in [-0.05, 0) is 55.8 Å². The molecule has 144 valence electrons. The van der Waals surface area contributed by atoms with Gasteiger partial charge >= 0.3 is 5.97 Å². The van der Waals surface area contributed by atoms with Gasteiger partial charge in [0.1, 0.15) is 0 Å². The van der Waals surface area contributed by atoms with Crippen molar-refractivity contribution in [2.24, 2.45) is 0 Å². The second kappa shape index (κ2) is 8.32. The summed E-state index contributed by atoms with van der Waals surface area (Å²) >= 11 is 0. The first-order chi connectivity index (χ1) is 12.7. The van der Waals surface area contributed by atoms with Crippen LogP contribution >= 0.6 is 0 Å². The number of rotatable bonds is 6. The molecule has 7 nitrogen and oxygen atoms in total. The molecule has 8 heteroatoms. The Kier molecular flexibility index (Phi) is 6.35. The van der Waals surface area contributed by atoms with Crippen molar-refractivity contribution in [1.82, 2.24) is 4.31 Å². The van der Waals surface area contributed by atoms with E-state index in [9.17, 15) is 18.0 Å². The third kappa shape index (κ3) is 4.72. The lowest BCUT2D eigenvalue weighted by Crippen LogP contribution is -2.23. The summed E-state index contributed by atoms with van der Waals surface area (Å²) in [4.78, 5) is 24.2. The van der Waals surface area contributed by atoms with E-state index in [1.165, 1.54) is 20.2 Å². The van der Waals surface area contributed by atoms with Crippen molar-refractivity contribution >= 4 is 27.6 Å². The first kappa shape index (κ1) is 20.6. The van der Waals surface area contributed by atoms with Crippen molar-refractivity contribution in [3.05, 3.63) is 59.2 Å². The molecular weight excluding hydrogens is 368 g/mol. The second-order valence-corrected chi connectivity index (χ2v) is 8.14. The molecule has 0 aliphatic heterocycles. The Hall–Kier alpha value is -2.71. The lowest BCUT2D eigenvalue weighted by atomic mass is 10.1. The van der Waals surface area contributed by atoms with Gasteiger partial charge in [-0.15, -0.1) is 0 Å². The molecule has 2 rings (SSSR count). The van der Waals surface area contributed by atoms with E-state index in [0.29, 0.717) is 16.8 Å². The summed E-state index contributed by atoms with van der Waals surface area (Å²) in [5.74, 6) is -0.887. The van der Waals surface area contributed by atoms with Gasteiger partial charge in [0, 0.05) is 25.3 Å². The summed E-state index contributed by atoms with van der Waals surface area (Å²) < 4.78 is 30.8. The number of esters is 1. The van der Waals surface area contributed by atoms with Crippen molar-refractivity contribution in [1.29, 1.82) is 0 Å². The van der Waals surface area contributed by atoms with Crippen LogP contribution in [0.3, 0.4) is 0 Å². The number of sulfonamides is 1. The zero-order valence-corrected chi connectivity index (χ0v) is 16.5. The van der Waals surface area contributed by atoms with Crippen molar-refractivity contribution < 1.29 is 22.7 Å². The van der Waals surface area contributed by atoms with Crippen LogP contribution < -0.4 is 5.32 Å². The SMILES string of the molecule is CCOC(=O)c1ccc(NC(=O)c2ccc(C)c(S(=O)(=O)N(C)C)c2)cc1. The normalized spacial score (nSPS) is 11.3. The van der Waals surface area contributed by atoms with Crippen LogP contribution in [0, 0.1) is 6.92 Å². The minimum atomic E-state index is -3.66. The number of nitrogens with one attached hydrogen (secondary N) is 1. The van der Waals surface area contributed by atoms with E-state index < -0.39 is 21.9 Å². The van der Waals surface area contributed by atoms with E-state index in [2.05, 4.69) is 5.32 Å². The predicted molar refractivity (Wildman–Crippen MR) is 102 cm³/mol. The summed E-state index contributed by atoms with van der Waals surface area (Å²) in [6.45, 7) is 3.67. The van der Waals surface area contributed by atoms with Gasteiger partial charge in [0.05, 0.1) is 17.1 Å². The van der Waals surface area contributed by atoms with E-state index in [1.54, 1.807) is 50.2 Å². The van der Waals surface area contributed by atoms with Gasteiger partial charge in [-0.25, -0.2) is 17.5 Å². The molecule has 1 amide bonds. The van der Waals surface area contributed by atoms with Crippen LogP contribution in [0.1, 0.15) is 33.2 Å². The molecule has 0 radical (unpaired) electrons. The van der Waals surface area contributed by atoms with Gasteiger partial charge in [-0.2, -0.15) is 0 Å². The van der Waals surface area contributed by atoms with Crippen molar-refractivity contribution in [3.63, 3.8) is 0 Å². The van der Waals surface area contributed by atoms with Crippen LogP contribution in [0.4, 0.5) is 5.69 Å². The number of hydrogen-bond acceptors (Lipinski definition) is 5. The standard InChI is InChI=1S/C19H22N2O5S/c1-5-26-19(23)14-8-10-16(11-9-14)20-18(22)15-7-6-13(2)17(12-15)27(24,25)21(3)4/h6-12H,5H2,1-4H3,(H,20,22). The number of benzene rings is 2. The van der Waals surface area contributed by atoms with Crippen LogP contribution in [0.15, 0.2) is 47.4 Å². The molecule has 2 aromatic carbocycles. The minimum Gasteiger partial charge on any atom is -0.462 e. The minimum absolute atomic E-state index is 0.0813. The zero-order chi connectivity index (χ0) is 20.2. The fraction of sp³-hybridized carbons (Fsp3) is 0.263. The third-order valence-corrected chi connectivity index (χ3v) is 5.82. The number of aryl methyl sites for hydroxylation is 1. The lowest BCUT2D eigenvalue weighted by Gasteiger charge is -2.14. The Balaban J connectivity index is 2.23. The molecule has 0 saturated carbocycles. The van der Waals surface area contributed by atoms with Gasteiger partial charge in [-0.1, -0.05) is 6.07 Å². The van der Waals surface area contributed by atoms with Crippen molar-refractivity contribution in [2.75, 3.05) is 26.0 Å². The van der Waals surface area contributed by atoms with Crippen LogP contribution in [0.25, 0.3) is 0 Å². The largest absolute Gasteiger partial charge is 0.462 e. The molecule has 2 aromatic rings. The Bertz CT molecular complexity index is 951. The van der Waals surface area contributed by atoms with E-state index >= 15 is 0 Å². The van der Waals surface area contributed by atoms with Gasteiger partial charge < -0.3 is 10.1 Å². The quantitative estimate of drug-likeness (QED) is 0.766. The summed E-state index contributed by atoms with van der Waals surface area (Å²) in [7, 11) is -0.781. The number of anilines is 1. The maximum Gasteiger partial charge on any atom is 0.338 e. The molecule has 0 unspecified atom stereocenters. The highest BCUT2D eigenvalue weighted by atomic mass is 32.2. The Morgan fingerprint density at radius 3 is 2.19 bits per heavy atom. The van der Waals surface area contributed by atoms with Crippen molar-refractivity contribution in [3.8, 4) is 0 Å². The summed E-state index contributed by atoms with van der Waals surface area (Å²) in [5, 5.41) is 2.68. The van der Waals surface area contributed by atoms with E-state index in [-0.39, 0.29) is 17.1 Å². The highest BCUT2D eigenvalue weighted by Gasteiger charge is 2.21. The zero-order valence-electron chi connectivity index (χ0n) is 15.6. The third-order valence-electron chi connectivity index (χ3n) is 3.86. The number of amides is 1. The van der Waals surface area contributed by atoms with Crippen LogP contribution in [-0.2, 0) is 14.8 Å². The first-order valence-corrected chi connectivity index (χ1v) is 9.72. The Morgan fingerprint density at radius 2 is 1.63 bits per heavy atom. The van der Waals surface area contributed by atoms with E-state index in [4.69, 9.17) is 4.74 Å². The van der Waals surface area contributed by atoms with Gasteiger partial charge in [-0.3, -0.25) is 4.79 Å². The highest BCUT2D eigenvalue weighted by molar-refractivity contribution is 7.89. The molecular formula is C19H22N2O5S. The van der Waals surface area contributed by atoms with Crippen LogP contribution in [0.2, 0.25) is 0 Å². The molecule has 0 aromatic heterocycles. The van der Waals surface area contributed by atoms with Crippen molar-refractivity contribution in [2.45, 2.75) is 18.7 Å². The number of carbonyl (C=O) groups is 2. The fourth-order valence-corrected chi connectivity index (χ4v) is 3.47. The number of ether oxygens (including phenoxy) is 1. The first-order valence-electron chi connectivity index (χ1n) is 8.28. The maximum absolute atomic E-state index is 12.5. The Morgan fingerprint density at radius 1 is 1.04 bits per heavy atom. The van der Waals surface area contributed by atoms with Crippen LogP contribution in [0.5, 0.6) is 0 Å². The molecule has 0 saturated heterocycles. The van der Waals surface area contributed by atoms with Crippen LogP contribution in [-0.4, -0.2) is 45.3 Å². The smallest absolute Gasteiger partial charge is 0.338 e. The number of nitrogens with zero attached hydrogens (tertiary/aromatic N) is 1. The summed E-state index contributed by atoms with van der Waals surface area (Å²) in [5.41, 5.74) is 1.63. The highest BCUT2D eigenvalue weighted by Crippen LogP contribution is 2.21. The van der Waals surface area contributed by atoms with Gasteiger partial charge in [0.25, 0.3) is 5.91 Å². The average Bonchev–Trinajstić information content (AvgIpc) is 2.62. The molecule has 0 fully saturated rings. The maximum atomic E-state index is 12.5. The molecule has 0 bridgehead atoms. The molecule has 0 aliphatic rings. The summed E-state index contributed by atoms with van der Waals surface area (Å²) in [6.07, 6.45) is 0. The molecule has 1 N–H and O–H groups in total. The van der Waals surface area contributed by atoms with E-state index in [0.717, 1.165) is 4.31 Å². The molecule has 0 atom stereocenters. The molecule has 0 heterocycles. The number of hydrogen-bond donors (Lipinski definition) is 1. The lowest BCUT2D eigenvalue weighted by molar-refractivity contribution is 0.0526. The van der Waals surface area contributed by atoms with Gasteiger partial charge in [0.2, 0.25) is 10.0 Å². The Labute approximate surface area is 159 Å². The summed E-state index contributed by atoms with van der Waals surface area (Å²) in [6, 6.07) is 10.8. The number of carbonyl (C=O) groups excluding carboxylic acids is 2.